The predicted molar refractivity (Wildman–Crippen MR) is 73.3 cm³/mol. The van der Waals surface area contributed by atoms with E-state index in [4.69, 9.17) is 14.9 Å². The lowest BCUT2D eigenvalue weighted by Crippen LogP contribution is -2.10. The van der Waals surface area contributed by atoms with Gasteiger partial charge in [-0.3, -0.25) is 0 Å². The number of esters is 1. The number of furan rings is 1. The molecule has 0 saturated heterocycles. The first-order chi connectivity index (χ1) is 9.02. The van der Waals surface area contributed by atoms with Gasteiger partial charge in [-0.15, -0.1) is 0 Å². The molecule has 0 aliphatic carbocycles. The monoisotopic (exact) mass is 281 g/mol. The molecule has 0 aromatic carbocycles. The molecule has 2 rings (SSSR count). The zero-order valence-corrected chi connectivity index (χ0v) is 11.7. The van der Waals surface area contributed by atoms with E-state index < -0.39 is 5.97 Å². The van der Waals surface area contributed by atoms with Gasteiger partial charge in [-0.25, -0.2) is 4.79 Å². The predicted octanol–water partition coefficient (Wildman–Crippen LogP) is 2.59. The summed E-state index contributed by atoms with van der Waals surface area (Å²) in [6.07, 6.45) is 0. The first-order valence-electron chi connectivity index (χ1n) is 5.69. The average molecular weight is 281 g/mol. The number of aromatic nitrogens is 1. The van der Waals surface area contributed by atoms with E-state index in [0.29, 0.717) is 5.00 Å². The summed E-state index contributed by atoms with van der Waals surface area (Å²) in [5, 5.41) is 3.73. The van der Waals surface area contributed by atoms with E-state index >= 15 is 0 Å². The van der Waals surface area contributed by atoms with Crippen LogP contribution in [0.4, 0.5) is 10.8 Å². The Balaban J connectivity index is 2.22. The number of methoxy groups -OCH3 is 1. The van der Waals surface area contributed by atoms with Crippen molar-refractivity contribution in [1.82, 2.24) is 4.37 Å². The second-order valence-electron chi connectivity index (χ2n) is 4.08. The summed E-state index contributed by atoms with van der Waals surface area (Å²) < 4.78 is 14.2. The van der Waals surface area contributed by atoms with Gasteiger partial charge in [0.05, 0.1) is 13.2 Å². The van der Waals surface area contributed by atoms with Crippen molar-refractivity contribution >= 4 is 28.3 Å². The van der Waals surface area contributed by atoms with E-state index in [2.05, 4.69) is 9.69 Å². The zero-order valence-electron chi connectivity index (χ0n) is 10.9. The molecule has 1 atom stereocenters. The van der Waals surface area contributed by atoms with Gasteiger partial charge in [0.25, 0.3) is 0 Å². The first-order valence-corrected chi connectivity index (χ1v) is 6.46. The topological polar surface area (TPSA) is 90.4 Å². The third-order valence-electron chi connectivity index (χ3n) is 2.64. The summed E-state index contributed by atoms with van der Waals surface area (Å²) in [4.78, 5) is 11.6. The zero-order chi connectivity index (χ0) is 14.0. The van der Waals surface area contributed by atoms with Crippen molar-refractivity contribution in [1.29, 1.82) is 0 Å². The van der Waals surface area contributed by atoms with Gasteiger partial charge in [0.15, 0.2) is 5.82 Å². The van der Waals surface area contributed by atoms with E-state index in [1.165, 1.54) is 7.11 Å². The van der Waals surface area contributed by atoms with Crippen LogP contribution in [0.2, 0.25) is 0 Å². The van der Waals surface area contributed by atoms with Crippen LogP contribution >= 0.6 is 11.5 Å². The summed E-state index contributed by atoms with van der Waals surface area (Å²) in [7, 11) is 1.31. The first kappa shape index (κ1) is 13.4. The molecule has 0 bridgehead atoms. The SMILES string of the molecule is COC(=O)c1c(N)nsc1NC(C)c1ccc(C)o1. The van der Waals surface area contributed by atoms with Crippen molar-refractivity contribution in [2.45, 2.75) is 19.9 Å². The van der Waals surface area contributed by atoms with E-state index in [9.17, 15) is 4.79 Å². The van der Waals surface area contributed by atoms with Crippen molar-refractivity contribution in [3.63, 3.8) is 0 Å². The minimum absolute atomic E-state index is 0.100. The summed E-state index contributed by atoms with van der Waals surface area (Å²) in [5.41, 5.74) is 5.94. The maximum Gasteiger partial charge on any atom is 0.344 e. The van der Waals surface area contributed by atoms with Crippen molar-refractivity contribution in [3.8, 4) is 0 Å². The number of nitrogens with zero attached hydrogens (tertiary/aromatic N) is 1. The van der Waals surface area contributed by atoms with Gasteiger partial charge in [0, 0.05) is 0 Å². The number of carbonyl (C=O) groups is 1. The van der Waals surface area contributed by atoms with E-state index in [-0.39, 0.29) is 17.4 Å². The molecule has 0 aliphatic heterocycles. The second-order valence-corrected chi connectivity index (χ2v) is 4.85. The number of anilines is 2. The van der Waals surface area contributed by atoms with Crippen LogP contribution in [0.1, 0.15) is 34.8 Å². The van der Waals surface area contributed by atoms with Gasteiger partial charge in [0.2, 0.25) is 0 Å². The van der Waals surface area contributed by atoms with Crippen LogP contribution in [0, 0.1) is 6.92 Å². The lowest BCUT2D eigenvalue weighted by molar-refractivity contribution is 0.0603. The number of nitrogen functional groups attached to an aromatic ring is 1. The van der Waals surface area contributed by atoms with Gasteiger partial charge >= 0.3 is 5.97 Å². The Bertz CT molecular complexity index is 591. The van der Waals surface area contributed by atoms with Crippen LogP contribution in [0.15, 0.2) is 16.5 Å². The maximum absolute atomic E-state index is 11.6. The molecule has 2 heterocycles. The van der Waals surface area contributed by atoms with Crippen LogP contribution in [0.5, 0.6) is 0 Å². The number of rotatable bonds is 4. The fourth-order valence-electron chi connectivity index (χ4n) is 1.65. The molecule has 102 valence electrons. The quantitative estimate of drug-likeness (QED) is 0.837. The fourth-order valence-corrected chi connectivity index (χ4v) is 2.44. The minimum Gasteiger partial charge on any atom is -0.465 e. The fraction of sp³-hybridized carbons (Fsp3) is 0.333. The number of carbonyl (C=O) groups excluding carboxylic acids is 1. The highest BCUT2D eigenvalue weighted by molar-refractivity contribution is 7.11. The van der Waals surface area contributed by atoms with Crippen molar-refractivity contribution in [2.75, 3.05) is 18.2 Å². The highest BCUT2D eigenvalue weighted by atomic mass is 32.1. The lowest BCUT2D eigenvalue weighted by Gasteiger charge is -2.11. The van der Waals surface area contributed by atoms with Gasteiger partial charge in [-0.2, -0.15) is 4.37 Å². The molecule has 19 heavy (non-hydrogen) atoms. The molecule has 0 saturated carbocycles. The number of aryl methyl sites for hydroxylation is 1. The third kappa shape index (κ3) is 2.70. The second kappa shape index (κ2) is 5.31. The van der Waals surface area contributed by atoms with Gasteiger partial charge in [0.1, 0.15) is 22.1 Å². The molecule has 2 aromatic rings. The Kier molecular flexibility index (Phi) is 3.75. The van der Waals surface area contributed by atoms with Crippen LogP contribution in [-0.4, -0.2) is 17.5 Å². The van der Waals surface area contributed by atoms with Crippen molar-refractivity contribution < 1.29 is 13.9 Å². The number of nitrogens with one attached hydrogen (secondary N) is 1. The van der Waals surface area contributed by atoms with Crippen molar-refractivity contribution in [2.24, 2.45) is 0 Å². The largest absolute Gasteiger partial charge is 0.465 e. The molecule has 0 radical (unpaired) electrons. The molecule has 2 aromatic heterocycles. The van der Waals surface area contributed by atoms with Gasteiger partial charge in [-0.1, -0.05) is 0 Å². The molecule has 0 fully saturated rings. The lowest BCUT2D eigenvalue weighted by atomic mass is 10.2. The summed E-state index contributed by atoms with van der Waals surface area (Å²) in [6.45, 7) is 3.80. The Labute approximate surface area is 114 Å². The average Bonchev–Trinajstić information content (AvgIpc) is 2.95. The highest BCUT2D eigenvalue weighted by Gasteiger charge is 2.22. The molecule has 3 N–H and O–H groups in total. The minimum atomic E-state index is -0.503. The number of ether oxygens (including phenoxy) is 1. The van der Waals surface area contributed by atoms with Crippen LogP contribution in [0.3, 0.4) is 0 Å². The van der Waals surface area contributed by atoms with Crippen LogP contribution in [-0.2, 0) is 4.74 Å². The molecule has 1 unspecified atom stereocenters. The number of hydrogen-bond acceptors (Lipinski definition) is 7. The third-order valence-corrected chi connectivity index (χ3v) is 3.44. The molecule has 7 heteroatoms. The van der Waals surface area contributed by atoms with E-state index in [1.807, 2.05) is 26.0 Å². The molecule has 6 nitrogen and oxygen atoms in total. The maximum atomic E-state index is 11.6. The Hall–Kier alpha value is -2.02. The summed E-state index contributed by atoms with van der Waals surface area (Å²) >= 11 is 1.12. The summed E-state index contributed by atoms with van der Waals surface area (Å²) in [6, 6.07) is 3.67. The van der Waals surface area contributed by atoms with Crippen molar-refractivity contribution in [3.05, 3.63) is 29.2 Å². The Morgan fingerprint density at radius 1 is 1.58 bits per heavy atom. The Morgan fingerprint density at radius 2 is 2.32 bits per heavy atom. The molecule has 0 spiro atoms. The smallest absolute Gasteiger partial charge is 0.344 e. The van der Waals surface area contributed by atoms with Crippen LogP contribution < -0.4 is 11.1 Å². The van der Waals surface area contributed by atoms with Crippen LogP contribution in [0.25, 0.3) is 0 Å². The summed E-state index contributed by atoms with van der Waals surface area (Å²) in [5.74, 6) is 1.28. The highest BCUT2D eigenvalue weighted by Crippen LogP contribution is 2.31. The molecular weight excluding hydrogens is 266 g/mol. The molecule has 0 aliphatic rings. The van der Waals surface area contributed by atoms with Gasteiger partial charge < -0.3 is 20.2 Å². The number of hydrogen-bond donors (Lipinski definition) is 2. The Morgan fingerprint density at radius 3 is 2.89 bits per heavy atom. The number of nitrogens with two attached hydrogens (primary N) is 1. The van der Waals surface area contributed by atoms with E-state index in [0.717, 1.165) is 23.1 Å². The molecular formula is C12H15N3O3S. The standard InChI is InChI=1S/C12H15N3O3S/c1-6-4-5-8(18-6)7(2)14-11-9(12(16)17-3)10(13)15-19-11/h4-5,7,14H,1-3H3,(H2,13,15). The van der Waals surface area contributed by atoms with Gasteiger partial charge in [-0.05, 0) is 37.5 Å². The molecule has 0 amide bonds. The van der Waals surface area contributed by atoms with E-state index in [1.54, 1.807) is 0 Å². The normalized spacial score (nSPS) is 12.2.